The van der Waals surface area contributed by atoms with Crippen LogP contribution in [0.25, 0.3) is 0 Å². The van der Waals surface area contributed by atoms with Gasteiger partial charge in [0.25, 0.3) is 5.69 Å². The van der Waals surface area contributed by atoms with Crippen LogP contribution in [0.3, 0.4) is 0 Å². The van der Waals surface area contributed by atoms with Gasteiger partial charge in [-0.05, 0) is 36.3 Å². The van der Waals surface area contributed by atoms with E-state index < -0.39 is 16.3 Å². The van der Waals surface area contributed by atoms with Gasteiger partial charge in [0.15, 0.2) is 0 Å². The molecule has 1 aromatic rings. The number of esters is 1. The van der Waals surface area contributed by atoms with Gasteiger partial charge in [-0.15, -0.1) is 0 Å². The Morgan fingerprint density at radius 1 is 1.24 bits per heavy atom. The highest BCUT2D eigenvalue weighted by molar-refractivity contribution is 5.90. The zero-order chi connectivity index (χ0) is 18.8. The van der Waals surface area contributed by atoms with E-state index in [2.05, 4.69) is 20.8 Å². The molecule has 0 aromatic heterocycles. The van der Waals surface area contributed by atoms with Crippen LogP contribution in [0.4, 0.5) is 5.69 Å². The second-order valence-corrected chi connectivity index (χ2v) is 7.61. The van der Waals surface area contributed by atoms with Crippen LogP contribution in [-0.4, -0.2) is 23.3 Å². The van der Waals surface area contributed by atoms with Gasteiger partial charge in [-0.1, -0.05) is 27.7 Å². The molecular formula is C19H25NO5. The molecule has 0 unspecified atom stereocenters. The van der Waals surface area contributed by atoms with Crippen molar-refractivity contribution in [1.29, 1.82) is 0 Å². The number of nitrogens with zero attached hydrogens (tertiary/aromatic N) is 1. The smallest absolute Gasteiger partial charge is 0.338 e. The number of carbonyl (C=O) groups is 2. The fraction of sp³-hybridized carbons (Fsp3) is 0.579. The Morgan fingerprint density at radius 2 is 1.84 bits per heavy atom. The average molecular weight is 347 g/mol. The molecule has 1 fully saturated rings. The predicted molar refractivity (Wildman–Crippen MR) is 93.3 cm³/mol. The first-order chi connectivity index (χ1) is 11.6. The van der Waals surface area contributed by atoms with Gasteiger partial charge in [0.05, 0.1) is 17.1 Å². The van der Waals surface area contributed by atoms with Crippen molar-refractivity contribution in [2.45, 2.75) is 47.0 Å². The van der Waals surface area contributed by atoms with Crippen LogP contribution in [0, 0.1) is 26.9 Å². The first-order valence-corrected chi connectivity index (χ1v) is 8.54. The molecular weight excluding hydrogens is 322 g/mol. The van der Waals surface area contributed by atoms with Crippen LogP contribution in [-0.2, 0) is 9.53 Å². The molecule has 0 heterocycles. The summed E-state index contributed by atoms with van der Waals surface area (Å²) >= 11 is 0. The molecule has 1 aromatic carbocycles. The Morgan fingerprint density at radius 3 is 2.32 bits per heavy atom. The lowest BCUT2D eigenvalue weighted by Gasteiger charge is -2.39. The summed E-state index contributed by atoms with van der Waals surface area (Å²) in [6.07, 6.45) is 2.07. The van der Waals surface area contributed by atoms with E-state index in [1.165, 1.54) is 24.3 Å². The summed E-state index contributed by atoms with van der Waals surface area (Å²) in [5.41, 5.74) is -0.324. The molecule has 1 aliphatic rings. The maximum atomic E-state index is 12.7. The van der Waals surface area contributed by atoms with Gasteiger partial charge >= 0.3 is 5.97 Å². The predicted octanol–water partition coefficient (Wildman–Crippen LogP) is 4.17. The van der Waals surface area contributed by atoms with Crippen LogP contribution in [0.5, 0.6) is 0 Å². The minimum Gasteiger partial charge on any atom is -0.462 e. The van der Waals surface area contributed by atoms with Crippen LogP contribution >= 0.6 is 0 Å². The van der Waals surface area contributed by atoms with Gasteiger partial charge in [-0.3, -0.25) is 14.9 Å². The lowest BCUT2D eigenvalue weighted by molar-refractivity contribution is -0.384. The molecule has 1 aliphatic carbocycles. The summed E-state index contributed by atoms with van der Waals surface area (Å²) in [7, 11) is 0. The van der Waals surface area contributed by atoms with Crippen LogP contribution < -0.4 is 0 Å². The third-order valence-electron chi connectivity index (χ3n) is 6.22. The molecule has 0 amide bonds. The normalized spacial score (nSPS) is 24.7. The molecule has 1 saturated carbocycles. The first-order valence-electron chi connectivity index (χ1n) is 8.54. The average Bonchev–Trinajstić information content (AvgIpc) is 2.78. The number of ketones is 1. The Hall–Kier alpha value is -2.24. The molecule has 0 N–H and O–H groups in total. The van der Waals surface area contributed by atoms with Crippen molar-refractivity contribution < 1.29 is 19.2 Å². The van der Waals surface area contributed by atoms with Crippen molar-refractivity contribution in [3.63, 3.8) is 0 Å². The van der Waals surface area contributed by atoms with E-state index in [0.717, 1.165) is 12.8 Å². The molecule has 0 spiro atoms. The lowest BCUT2D eigenvalue weighted by Crippen LogP contribution is -2.40. The summed E-state index contributed by atoms with van der Waals surface area (Å²) < 4.78 is 5.17. The maximum Gasteiger partial charge on any atom is 0.338 e. The summed E-state index contributed by atoms with van der Waals surface area (Å²) in [5.74, 6) is 0.0226. The third kappa shape index (κ3) is 3.57. The number of ether oxygens (including phenoxy) is 1. The highest BCUT2D eigenvalue weighted by Crippen LogP contribution is 2.56. The fourth-order valence-corrected chi connectivity index (χ4v) is 3.55. The van der Waals surface area contributed by atoms with Gasteiger partial charge < -0.3 is 4.74 Å². The molecule has 0 bridgehead atoms. The van der Waals surface area contributed by atoms with Crippen molar-refractivity contribution >= 4 is 17.4 Å². The Labute approximate surface area is 147 Å². The second-order valence-electron chi connectivity index (χ2n) is 7.61. The molecule has 0 radical (unpaired) electrons. The number of rotatable bonds is 6. The second kappa shape index (κ2) is 6.94. The number of Topliss-reactive ketones (excluding diaryl/α,β-unsaturated/α-hetero) is 1. The number of hydrogen-bond acceptors (Lipinski definition) is 5. The topological polar surface area (TPSA) is 86.5 Å². The van der Waals surface area contributed by atoms with Gasteiger partial charge in [0, 0.05) is 24.0 Å². The first kappa shape index (κ1) is 19.1. The Bertz CT molecular complexity index is 680. The van der Waals surface area contributed by atoms with Gasteiger partial charge in [-0.2, -0.15) is 0 Å². The highest BCUT2D eigenvalue weighted by Gasteiger charge is 2.53. The minimum atomic E-state index is -0.577. The monoisotopic (exact) mass is 347 g/mol. The largest absolute Gasteiger partial charge is 0.462 e. The van der Waals surface area contributed by atoms with Crippen LogP contribution in [0.15, 0.2) is 24.3 Å². The van der Waals surface area contributed by atoms with Gasteiger partial charge in [-0.25, -0.2) is 4.79 Å². The Balaban J connectivity index is 1.91. The zero-order valence-corrected chi connectivity index (χ0v) is 15.2. The van der Waals surface area contributed by atoms with E-state index >= 15 is 0 Å². The molecule has 0 aliphatic heterocycles. The number of hydrogen-bond donors (Lipinski definition) is 0. The van der Waals surface area contributed by atoms with E-state index in [-0.39, 0.29) is 35.5 Å². The fourth-order valence-electron chi connectivity index (χ4n) is 3.55. The molecule has 2 rings (SSSR count). The maximum absolute atomic E-state index is 12.7. The standard InChI is InChI=1S/C19H25NO5/c1-13-9-11-19(4,18(13,2)3)16(21)10-12-25-17(22)14-5-7-15(8-6-14)20(23)24/h5-8,13H,9-12H2,1-4H3/t13-,19+/m0/s1. The summed E-state index contributed by atoms with van der Waals surface area (Å²) in [4.78, 5) is 34.8. The SMILES string of the molecule is C[C@H]1CC[C@](C)(C(=O)CCOC(=O)c2ccc([N+](=O)[O-])cc2)C1(C)C. The summed E-state index contributed by atoms with van der Waals surface area (Å²) in [6.45, 7) is 8.47. The number of carbonyl (C=O) groups excluding carboxylic acids is 2. The number of nitro groups is 1. The molecule has 6 nitrogen and oxygen atoms in total. The molecule has 2 atom stereocenters. The van der Waals surface area contributed by atoms with E-state index in [4.69, 9.17) is 4.74 Å². The molecule has 0 saturated heterocycles. The van der Waals surface area contributed by atoms with Crippen molar-refractivity contribution in [1.82, 2.24) is 0 Å². The van der Waals surface area contributed by atoms with Crippen molar-refractivity contribution in [2.75, 3.05) is 6.61 Å². The van der Waals surface area contributed by atoms with Crippen molar-refractivity contribution in [3.05, 3.63) is 39.9 Å². The molecule has 136 valence electrons. The summed E-state index contributed by atoms with van der Waals surface area (Å²) in [6, 6.07) is 5.22. The molecule has 6 heteroatoms. The third-order valence-corrected chi connectivity index (χ3v) is 6.22. The van der Waals surface area contributed by atoms with Crippen LogP contribution in [0.2, 0.25) is 0 Å². The zero-order valence-electron chi connectivity index (χ0n) is 15.2. The van der Waals surface area contributed by atoms with Crippen LogP contribution in [0.1, 0.15) is 57.3 Å². The van der Waals surface area contributed by atoms with Crippen molar-refractivity contribution in [2.24, 2.45) is 16.7 Å². The van der Waals surface area contributed by atoms with E-state index in [1.54, 1.807) is 0 Å². The highest BCUT2D eigenvalue weighted by atomic mass is 16.6. The molecule has 25 heavy (non-hydrogen) atoms. The minimum absolute atomic E-state index is 0.0225. The Kier molecular flexibility index (Phi) is 5.30. The van der Waals surface area contributed by atoms with Gasteiger partial charge in [0.2, 0.25) is 0 Å². The number of nitro benzene ring substituents is 1. The number of benzene rings is 1. The van der Waals surface area contributed by atoms with Crippen molar-refractivity contribution in [3.8, 4) is 0 Å². The number of non-ortho nitro benzene ring substituents is 1. The quantitative estimate of drug-likeness (QED) is 0.438. The van der Waals surface area contributed by atoms with E-state index in [9.17, 15) is 19.7 Å². The summed E-state index contributed by atoms with van der Waals surface area (Å²) in [5, 5.41) is 10.6. The van der Waals surface area contributed by atoms with E-state index in [0.29, 0.717) is 5.92 Å². The lowest BCUT2D eigenvalue weighted by atomic mass is 9.63. The van der Waals surface area contributed by atoms with E-state index in [1.807, 2.05) is 6.92 Å². The van der Waals surface area contributed by atoms with Gasteiger partial charge in [0.1, 0.15) is 5.78 Å².